The molecule has 0 aliphatic heterocycles. The molecule has 176 valence electrons. The summed E-state index contributed by atoms with van der Waals surface area (Å²) in [5.41, 5.74) is 1.68. The Bertz CT molecular complexity index is 1340. The highest BCUT2D eigenvalue weighted by Crippen LogP contribution is 2.33. The van der Waals surface area contributed by atoms with Gasteiger partial charge in [0.15, 0.2) is 0 Å². The van der Waals surface area contributed by atoms with Gasteiger partial charge in [-0.2, -0.15) is 9.57 Å². The van der Waals surface area contributed by atoms with Gasteiger partial charge in [-0.25, -0.2) is 13.2 Å². The van der Waals surface area contributed by atoms with Crippen LogP contribution in [0.2, 0.25) is 0 Å². The highest BCUT2D eigenvalue weighted by Gasteiger charge is 2.24. The van der Waals surface area contributed by atoms with Gasteiger partial charge in [0.1, 0.15) is 15.9 Å². The molecule has 0 unspecified atom stereocenters. The van der Waals surface area contributed by atoms with E-state index in [2.05, 4.69) is 5.32 Å². The van der Waals surface area contributed by atoms with Gasteiger partial charge in [0.25, 0.3) is 5.91 Å². The Hall–Kier alpha value is -3.52. The average Bonchev–Trinajstić information content (AvgIpc) is 3.14. The Labute approximate surface area is 202 Å². The number of carbonyl (C=O) groups is 2. The molecule has 3 aromatic rings. The Kier molecular flexibility index (Phi) is 7.83. The van der Waals surface area contributed by atoms with Crippen molar-refractivity contribution in [3.63, 3.8) is 0 Å². The second-order valence-corrected chi connectivity index (χ2v) is 10.4. The first-order chi connectivity index (χ1) is 16.2. The van der Waals surface area contributed by atoms with E-state index < -0.39 is 21.9 Å². The lowest BCUT2D eigenvalue weighted by Gasteiger charge is -2.17. The number of anilines is 1. The lowest BCUT2D eigenvalue weighted by Crippen LogP contribution is -2.26. The summed E-state index contributed by atoms with van der Waals surface area (Å²) >= 11 is 0.962. The van der Waals surface area contributed by atoms with Gasteiger partial charge < -0.3 is 10.1 Å². The third kappa shape index (κ3) is 5.34. The van der Waals surface area contributed by atoms with Crippen molar-refractivity contribution in [2.24, 2.45) is 0 Å². The van der Waals surface area contributed by atoms with Gasteiger partial charge in [-0.1, -0.05) is 30.3 Å². The van der Waals surface area contributed by atoms with E-state index in [1.807, 2.05) is 36.4 Å². The van der Waals surface area contributed by atoms with E-state index >= 15 is 0 Å². The van der Waals surface area contributed by atoms with Crippen LogP contribution in [0, 0.1) is 18.3 Å². The number of nitriles is 1. The van der Waals surface area contributed by atoms with Crippen LogP contribution in [0.15, 0.2) is 59.5 Å². The van der Waals surface area contributed by atoms with Crippen molar-refractivity contribution in [1.82, 2.24) is 4.31 Å². The Morgan fingerprint density at radius 3 is 2.35 bits per heavy atom. The fourth-order valence-corrected chi connectivity index (χ4v) is 5.39. The quantitative estimate of drug-likeness (QED) is 0.467. The van der Waals surface area contributed by atoms with Crippen LogP contribution >= 0.6 is 11.3 Å². The summed E-state index contributed by atoms with van der Waals surface area (Å²) in [6, 6.07) is 16.7. The molecule has 1 amide bonds. The molecule has 0 aliphatic carbocycles. The van der Waals surface area contributed by atoms with Crippen LogP contribution in [0.4, 0.5) is 5.00 Å². The van der Waals surface area contributed by atoms with Crippen molar-refractivity contribution < 1.29 is 22.7 Å². The third-order valence-corrected chi connectivity index (χ3v) is 8.02. The van der Waals surface area contributed by atoms with Crippen LogP contribution in [-0.2, 0) is 21.3 Å². The second-order valence-electron chi connectivity index (χ2n) is 7.32. The number of esters is 1. The van der Waals surface area contributed by atoms with E-state index in [9.17, 15) is 23.3 Å². The van der Waals surface area contributed by atoms with Crippen LogP contribution in [0.25, 0.3) is 0 Å². The highest BCUT2D eigenvalue weighted by atomic mass is 32.2. The number of nitrogens with one attached hydrogen (secondary N) is 1. The summed E-state index contributed by atoms with van der Waals surface area (Å²) in [5, 5.41) is 12.3. The largest absolute Gasteiger partial charge is 0.462 e. The number of nitrogens with zero attached hydrogens (tertiary/aromatic N) is 2. The molecule has 0 fully saturated rings. The van der Waals surface area contributed by atoms with Crippen LogP contribution in [0.1, 0.15) is 43.6 Å². The summed E-state index contributed by atoms with van der Waals surface area (Å²) in [7, 11) is -2.26. The summed E-state index contributed by atoms with van der Waals surface area (Å²) in [4.78, 5) is 25.2. The molecule has 1 aromatic heterocycles. The molecule has 8 nitrogen and oxygen atoms in total. The summed E-state index contributed by atoms with van der Waals surface area (Å²) < 4.78 is 32.0. The Morgan fingerprint density at radius 1 is 1.12 bits per heavy atom. The molecule has 2 aromatic carbocycles. The van der Waals surface area contributed by atoms with Gasteiger partial charge in [-0.05, 0) is 49.2 Å². The van der Waals surface area contributed by atoms with Gasteiger partial charge in [-0.15, -0.1) is 11.3 Å². The number of ether oxygens (including phenoxy) is 1. The lowest BCUT2D eigenvalue weighted by atomic mass is 10.1. The zero-order valence-electron chi connectivity index (χ0n) is 18.9. The smallest absolute Gasteiger partial charge is 0.348 e. The average molecular weight is 498 g/mol. The molecule has 10 heteroatoms. The van der Waals surface area contributed by atoms with E-state index in [1.165, 1.54) is 35.6 Å². The monoisotopic (exact) mass is 497 g/mol. The number of sulfonamides is 1. The van der Waals surface area contributed by atoms with Gasteiger partial charge in [0.2, 0.25) is 10.0 Å². The predicted molar refractivity (Wildman–Crippen MR) is 129 cm³/mol. The fourth-order valence-electron chi connectivity index (χ4n) is 3.19. The van der Waals surface area contributed by atoms with Crippen LogP contribution in [0.3, 0.4) is 0 Å². The second kappa shape index (κ2) is 10.6. The van der Waals surface area contributed by atoms with Crippen molar-refractivity contribution in [2.75, 3.05) is 19.0 Å². The van der Waals surface area contributed by atoms with Gasteiger partial charge in [0.05, 0.1) is 17.1 Å². The first-order valence-electron chi connectivity index (χ1n) is 10.3. The molecule has 0 atom stereocenters. The first-order valence-corrected chi connectivity index (χ1v) is 12.6. The van der Waals surface area contributed by atoms with Gasteiger partial charge >= 0.3 is 5.97 Å². The maximum Gasteiger partial charge on any atom is 0.348 e. The van der Waals surface area contributed by atoms with E-state index in [4.69, 9.17) is 4.74 Å². The number of carbonyl (C=O) groups excluding carboxylic acids is 2. The van der Waals surface area contributed by atoms with E-state index in [0.717, 1.165) is 16.9 Å². The van der Waals surface area contributed by atoms with E-state index in [1.54, 1.807) is 13.8 Å². The zero-order chi connectivity index (χ0) is 24.9. The molecule has 0 saturated carbocycles. The van der Waals surface area contributed by atoms with Crippen molar-refractivity contribution in [3.8, 4) is 6.07 Å². The first kappa shape index (κ1) is 25.1. The molecule has 1 N–H and O–H groups in total. The number of benzene rings is 2. The molecule has 3 rings (SSSR count). The minimum Gasteiger partial charge on any atom is -0.462 e. The molecule has 0 saturated heterocycles. The van der Waals surface area contributed by atoms with Crippen LogP contribution in [0.5, 0.6) is 0 Å². The Morgan fingerprint density at radius 2 is 1.76 bits per heavy atom. The molecule has 1 heterocycles. The van der Waals surface area contributed by atoms with E-state index in [0.29, 0.717) is 5.56 Å². The molecule has 34 heavy (non-hydrogen) atoms. The summed E-state index contributed by atoms with van der Waals surface area (Å²) in [6.07, 6.45) is 0. The van der Waals surface area contributed by atoms with Crippen molar-refractivity contribution in [2.45, 2.75) is 25.3 Å². The maximum absolute atomic E-state index is 12.9. The van der Waals surface area contributed by atoms with Crippen molar-refractivity contribution in [1.29, 1.82) is 5.26 Å². The predicted octanol–water partition coefficient (Wildman–Crippen LogP) is 4.18. The van der Waals surface area contributed by atoms with E-state index in [-0.39, 0.29) is 39.1 Å². The molecule has 0 spiro atoms. The number of rotatable bonds is 8. The van der Waals surface area contributed by atoms with Crippen molar-refractivity contribution >= 4 is 38.2 Å². The van der Waals surface area contributed by atoms with Crippen LogP contribution < -0.4 is 5.32 Å². The zero-order valence-corrected chi connectivity index (χ0v) is 20.5. The standard InChI is InChI=1S/C24H23N3O5S2/c1-4-32-24(29)21-16(2)20(14-25)23(33-21)26-22(28)18-10-12-19(13-11-18)34(30,31)27(3)15-17-8-6-5-7-9-17/h5-13H,4,15H2,1-3H3,(H,26,28). The molecule has 0 aliphatic rings. The SMILES string of the molecule is CCOC(=O)c1sc(NC(=O)c2ccc(S(=O)(=O)N(C)Cc3ccccc3)cc2)c(C#N)c1C. The number of thiophene rings is 1. The lowest BCUT2D eigenvalue weighted by molar-refractivity contribution is 0.0531. The van der Waals surface area contributed by atoms with Crippen LogP contribution in [-0.4, -0.2) is 38.3 Å². The van der Waals surface area contributed by atoms with Gasteiger partial charge in [-0.3, -0.25) is 4.79 Å². The number of hydrogen-bond acceptors (Lipinski definition) is 7. The number of hydrogen-bond donors (Lipinski definition) is 1. The maximum atomic E-state index is 12.9. The minimum absolute atomic E-state index is 0.0526. The minimum atomic E-state index is -3.76. The molecular weight excluding hydrogens is 474 g/mol. The Balaban J connectivity index is 1.77. The topological polar surface area (TPSA) is 117 Å². The summed E-state index contributed by atoms with van der Waals surface area (Å²) in [5.74, 6) is -1.09. The molecule has 0 radical (unpaired) electrons. The third-order valence-electron chi connectivity index (χ3n) is 5.02. The van der Waals surface area contributed by atoms with Crippen molar-refractivity contribution in [3.05, 3.63) is 81.7 Å². The number of amides is 1. The normalized spacial score (nSPS) is 11.1. The highest BCUT2D eigenvalue weighted by molar-refractivity contribution is 7.89. The summed E-state index contributed by atoms with van der Waals surface area (Å²) in [6.45, 7) is 3.69. The van der Waals surface area contributed by atoms with Gasteiger partial charge in [0, 0.05) is 19.2 Å². The molecule has 0 bridgehead atoms. The fraction of sp³-hybridized carbons (Fsp3) is 0.208. The molecular formula is C24H23N3O5S2.